The molecule has 0 bridgehead atoms. The molecule has 1 heterocycles. The third-order valence-electron chi connectivity index (χ3n) is 9.74. The minimum Gasteiger partial charge on any atom is -0.135 e. The van der Waals surface area contributed by atoms with Gasteiger partial charge in [0.1, 0.15) is 0 Å². The highest BCUT2D eigenvalue weighted by atomic mass is 79.9. The van der Waals surface area contributed by atoms with Gasteiger partial charge in [-0.1, -0.05) is 119 Å². The van der Waals surface area contributed by atoms with E-state index < -0.39 is 0 Å². The van der Waals surface area contributed by atoms with Crippen molar-refractivity contribution in [2.24, 2.45) is 0 Å². The van der Waals surface area contributed by atoms with Crippen LogP contribution in [-0.2, 0) is 5.41 Å². The molecule has 0 unspecified atom stereocenters. The van der Waals surface area contributed by atoms with E-state index in [0.29, 0.717) is 0 Å². The van der Waals surface area contributed by atoms with Crippen molar-refractivity contribution in [3.05, 3.63) is 166 Å². The van der Waals surface area contributed by atoms with Gasteiger partial charge < -0.3 is 0 Å². The molecule has 0 N–H and O–H groups in total. The fraction of sp³-hybridized carbons (Fsp3) is 0.0244. The van der Waals surface area contributed by atoms with Crippen molar-refractivity contribution in [3.8, 4) is 33.4 Å². The average molecular weight is 628 g/mol. The van der Waals surface area contributed by atoms with Gasteiger partial charge in [0.25, 0.3) is 0 Å². The van der Waals surface area contributed by atoms with Crippen molar-refractivity contribution in [1.29, 1.82) is 0 Å². The molecule has 0 saturated heterocycles. The van der Waals surface area contributed by atoms with E-state index in [0.717, 1.165) is 4.47 Å². The summed E-state index contributed by atoms with van der Waals surface area (Å²) in [5.74, 6) is 0. The van der Waals surface area contributed by atoms with Crippen LogP contribution in [0.15, 0.2) is 144 Å². The Morgan fingerprint density at radius 2 is 1.09 bits per heavy atom. The molecule has 0 aliphatic heterocycles. The lowest BCUT2D eigenvalue weighted by Crippen LogP contribution is -2.25. The summed E-state index contributed by atoms with van der Waals surface area (Å²) < 4.78 is 3.77. The predicted molar refractivity (Wildman–Crippen MR) is 186 cm³/mol. The van der Waals surface area contributed by atoms with E-state index in [1.54, 1.807) is 0 Å². The lowest BCUT2D eigenvalue weighted by molar-refractivity contribution is 0.795. The van der Waals surface area contributed by atoms with Gasteiger partial charge in [-0.05, 0) is 103 Å². The molecule has 7 aromatic carbocycles. The van der Waals surface area contributed by atoms with E-state index >= 15 is 0 Å². The van der Waals surface area contributed by atoms with Crippen molar-refractivity contribution >= 4 is 58.2 Å². The van der Waals surface area contributed by atoms with Gasteiger partial charge in [0, 0.05) is 24.6 Å². The molecule has 1 spiro atoms. The first-order valence-electron chi connectivity index (χ1n) is 14.7. The van der Waals surface area contributed by atoms with Crippen molar-refractivity contribution < 1.29 is 0 Å². The molecule has 2 heteroatoms. The van der Waals surface area contributed by atoms with Crippen LogP contribution in [0.3, 0.4) is 0 Å². The van der Waals surface area contributed by atoms with Gasteiger partial charge in [-0.3, -0.25) is 0 Å². The van der Waals surface area contributed by atoms with Crippen LogP contribution >= 0.6 is 27.3 Å². The van der Waals surface area contributed by atoms with Gasteiger partial charge in [-0.15, -0.1) is 11.3 Å². The quantitative estimate of drug-likeness (QED) is 0.170. The normalized spacial score (nSPS) is 13.9. The van der Waals surface area contributed by atoms with Crippen molar-refractivity contribution in [2.75, 3.05) is 0 Å². The van der Waals surface area contributed by atoms with E-state index in [1.807, 2.05) is 11.3 Å². The number of rotatable bonds is 1. The molecule has 1 aromatic heterocycles. The smallest absolute Gasteiger partial charge is 0.0725 e. The number of hydrogen-bond donors (Lipinski definition) is 0. The fourth-order valence-corrected chi connectivity index (χ4v) is 9.44. The monoisotopic (exact) mass is 626 g/mol. The zero-order valence-electron chi connectivity index (χ0n) is 23.1. The van der Waals surface area contributed by atoms with Crippen LogP contribution in [0, 0.1) is 0 Å². The Morgan fingerprint density at radius 3 is 1.91 bits per heavy atom. The van der Waals surface area contributed by atoms with E-state index in [4.69, 9.17) is 0 Å². The van der Waals surface area contributed by atoms with Gasteiger partial charge >= 0.3 is 0 Å². The summed E-state index contributed by atoms with van der Waals surface area (Å²) in [6.45, 7) is 0. The minimum atomic E-state index is -0.359. The maximum absolute atomic E-state index is 3.70. The Hall–Kier alpha value is -4.50. The highest BCUT2D eigenvalue weighted by molar-refractivity contribution is 9.10. The molecule has 0 nitrogen and oxygen atoms in total. The lowest BCUT2D eigenvalue weighted by atomic mass is 9.70. The minimum absolute atomic E-state index is 0.359. The maximum Gasteiger partial charge on any atom is 0.0725 e. The highest BCUT2D eigenvalue weighted by Gasteiger charge is 2.52. The molecular formula is C41H23BrS. The van der Waals surface area contributed by atoms with E-state index in [9.17, 15) is 0 Å². The first-order valence-corrected chi connectivity index (χ1v) is 16.3. The number of thiophene rings is 1. The number of benzene rings is 7. The van der Waals surface area contributed by atoms with Crippen LogP contribution in [0.4, 0.5) is 0 Å². The molecule has 2 aliphatic carbocycles. The van der Waals surface area contributed by atoms with Crippen LogP contribution in [0.5, 0.6) is 0 Å². The molecule has 0 fully saturated rings. The Morgan fingerprint density at radius 1 is 0.442 bits per heavy atom. The molecule has 43 heavy (non-hydrogen) atoms. The molecule has 0 amide bonds. The number of hydrogen-bond acceptors (Lipinski definition) is 1. The second-order valence-electron chi connectivity index (χ2n) is 11.8. The van der Waals surface area contributed by atoms with Gasteiger partial charge in [-0.25, -0.2) is 0 Å². The summed E-state index contributed by atoms with van der Waals surface area (Å²) in [7, 11) is 0. The summed E-state index contributed by atoms with van der Waals surface area (Å²) in [6, 6.07) is 52.5. The van der Waals surface area contributed by atoms with Crippen LogP contribution < -0.4 is 0 Å². The highest BCUT2D eigenvalue weighted by Crippen LogP contribution is 2.64. The number of fused-ring (bicyclic) bond motifs is 15. The molecular weight excluding hydrogens is 604 g/mol. The Balaban J connectivity index is 1.31. The van der Waals surface area contributed by atoms with E-state index in [2.05, 4.69) is 155 Å². The molecule has 200 valence electrons. The Bertz CT molecular complexity index is 2430. The summed E-state index contributed by atoms with van der Waals surface area (Å²) in [5.41, 5.74) is 13.1. The molecule has 0 radical (unpaired) electrons. The first kappa shape index (κ1) is 24.0. The molecule has 0 saturated carbocycles. The Labute approximate surface area is 262 Å². The standard InChI is InChI=1S/C41H23BrS/c42-27-16-20-39-33(23-27)32-21-25(15-19-38(32)43-39)26-13-17-31-37(22-26)41(36-18-14-24-7-1-2-8-28(24)40(31)36)34-11-5-3-9-29(34)30-10-4-6-12-35(30)41/h1-23H. The zero-order chi connectivity index (χ0) is 28.3. The zero-order valence-corrected chi connectivity index (χ0v) is 25.5. The second kappa shape index (κ2) is 8.54. The largest absolute Gasteiger partial charge is 0.135 e. The average Bonchev–Trinajstić information content (AvgIpc) is 3.68. The predicted octanol–water partition coefficient (Wildman–Crippen LogP) is 12.0. The van der Waals surface area contributed by atoms with E-state index in [-0.39, 0.29) is 5.41 Å². The lowest BCUT2D eigenvalue weighted by Gasteiger charge is -2.30. The van der Waals surface area contributed by atoms with Crippen molar-refractivity contribution in [2.45, 2.75) is 5.41 Å². The number of halogens is 1. The first-order chi connectivity index (χ1) is 21.2. The molecule has 2 aliphatic rings. The third kappa shape index (κ3) is 3.05. The molecule has 8 aromatic rings. The molecule has 10 rings (SSSR count). The van der Waals surface area contributed by atoms with Gasteiger partial charge in [0.05, 0.1) is 5.41 Å². The second-order valence-corrected chi connectivity index (χ2v) is 13.8. The summed E-state index contributed by atoms with van der Waals surface area (Å²) >= 11 is 5.56. The van der Waals surface area contributed by atoms with Crippen molar-refractivity contribution in [3.63, 3.8) is 0 Å². The van der Waals surface area contributed by atoms with Crippen molar-refractivity contribution in [1.82, 2.24) is 0 Å². The van der Waals surface area contributed by atoms with Crippen LogP contribution in [0.25, 0.3) is 64.3 Å². The summed E-state index contributed by atoms with van der Waals surface area (Å²) in [5, 5.41) is 5.24. The third-order valence-corrected chi connectivity index (χ3v) is 11.4. The Kier molecular flexibility index (Phi) is 4.76. The maximum atomic E-state index is 3.70. The summed E-state index contributed by atoms with van der Waals surface area (Å²) in [6.07, 6.45) is 0. The van der Waals surface area contributed by atoms with Crippen LogP contribution in [0.1, 0.15) is 22.3 Å². The SMILES string of the molecule is Brc1ccc2sc3ccc(-c4ccc5c(c4)C4(c6ccccc6-c6ccccc64)c4ccc6ccccc6c4-5)cc3c2c1. The van der Waals surface area contributed by atoms with Gasteiger partial charge in [0.15, 0.2) is 0 Å². The van der Waals surface area contributed by atoms with Crippen LogP contribution in [-0.4, -0.2) is 0 Å². The van der Waals surface area contributed by atoms with Gasteiger partial charge in [-0.2, -0.15) is 0 Å². The van der Waals surface area contributed by atoms with E-state index in [1.165, 1.54) is 86.6 Å². The topological polar surface area (TPSA) is 0 Å². The summed E-state index contributed by atoms with van der Waals surface area (Å²) in [4.78, 5) is 0. The fourth-order valence-electron chi connectivity index (χ4n) is 8.02. The van der Waals surface area contributed by atoms with Crippen LogP contribution in [0.2, 0.25) is 0 Å². The molecule has 0 atom stereocenters. The van der Waals surface area contributed by atoms with Gasteiger partial charge in [0.2, 0.25) is 0 Å².